The normalized spacial score (nSPS) is 13.7. The van der Waals surface area contributed by atoms with Crippen molar-refractivity contribution in [3.63, 3.8) is 0 Å². The molecule has 3 aromatic rings. The zero-order valence-corrected chi connectivity index (χ0v) is 28.0. The third kappa shape index (κ3) is 12.9. The van der Waals surface area contributed by atoms with E-state index in [1.807, 2.05) is 83.6 Å². The minimum atomic E-state index is 0.738. The van der Waals surface area contributed by atoms with E-state index in [9.17, 15) is 0 Å². The molecule has 0 spiro atoms. The number of pyridine rings is 2. The van der Waals surface area contributed by atoms with Crippen LogP contribution in [0.25, 0.3) is 22.3 Å². The zero-order chi connectivity index (χ0) is 31.0. The van der Waals surface area contributed by atoms with Gasteiger partial charge in [-0.15, -0.1) is 0 Å². The molecular formula is C38H60N4. The zero-order valence-electron chi connectivity index (χ0n) is 28.0. The lowest BCUT2D eigenvalue weighted by atomic mass is 9.82. The van der Waals surface area contributed by atoms with Gasteiger partial charge in [0.15, 0.2) is 0 Å². The van der Waals surface area contributed by atoms with E-state index in [0.29, 0.717) is 0 Å². The molecule has 0 bridgehead atoms. The maximum absolute atomic E-state index is 4.65. The first-order valence-electron chi connectivity index (χ1n) is 16.8. The van der Waals surface area contributed by atoms with Crippen LogP contribution in [0.1, 0.15) is 113 Å². The first kappa shape index (κ1) is 37.0. The second-order valence-electron chi connectivity index (χ2n) is 10.6. The smallest absolute Gasteiger partial charge is 0.140 e. The Morgan fingerprint density at radius 2 is 1.74 bits per heavy atom. The minimum absolute atomic E-state index is 0.738. The van der Waals surface area contributed by atoms with Crippen molar-refractivity contribution in [2.75, 3.05) is 6.54 Å². The summed E-state index contributed by atoms with van der Waals surface area (Å²) in [5.41, 5.74) is 4.67. The van der Waals surface area contributed by atoms with Crippen molar-refractivity contribution in [2.24, 2.45) is 16.8 Å². The van der Waals surface area contributed by atoms with E-state index < -0.39 is 0 Å². The number of hydrogen-bond acceptors (Lipinski definition) is 3. The molecule has 4 heteroatoms. The number of unbranched alkanes of at least 4 members (excludes halogenated alkanes) is 3. The van der Waals surface area contributed by atoms with Crippen molar-refractivity contribution in [3.8, 4) is 11.3 Å². The van der Waals surface area contributed by atoms with E-state index in [1.54, 1.807) is 0 Å². The summed E-state index contributed by atoms with van der Waals surface area (Å²) in [6, 6.07) is 10.3. The third-order valence-electron chi connectivity index (χ3n) is 7.62. The van der Waals surface area contributed by atoms with Crippen LogP contribution in [0.3, 0.4) is 0 Å². The second kappa shape index (κ2) is 23.5. The van der Waals surface area contributed by atoms with Crippen LogP contribution in [0.5, 0.6) is 0 Å². The summed E-state index contributed by atoms with van der Waals surface area (Å²) in [7, 11) is 0. The molecule has 1 saturated carbocycles. The molecule has 1 aliphatic rings. The Bertz CT molecular complexity index is 1140. The average Bonchev–Trinajstić information content (AvgIpc) is 3.70. The molecule has 0 N–H and O–H groups in total. The van der Waals surface area contributed by atoms with Crippen LogP contribution < -0.4 is 0 Å². The number of hydrogen-bond donors (Lipinski definition) is 0. The van der Waals surface area contributed by atoms with Crippen LogP contribution in [0, 0.1) is 11.8 Å². The van der Waals surface area contributed by atoms with Gasteiger partial charge in [0.1, 0.15) is 5.65 Å². The molecule has 3 heterocycles. The molecule has 42 heavy (non-hydrogen) atoms. The van der Waals surface area contributed by atoms with Gasteiger partial charge in [0.25, 0.3) is 0 Å². The summed E-state index contributed by atoms with van der Waals surface area (Å²) in [5.74, 6) is 1.63. The Kier molecular flexibility index (Phi) is 20.7. The number of nitrogens with zero attached hydrogens (tertiary/aromatic N) is 4. The molecule has 0 aromatic carbocycles. The Morgan fingerprint density at radius 3 is 2.38 bits per heavy atom. The van der Waals surface area contributed by atoms with Gasteiger partial charge < -0.3 is 4.57 Å². The van der Waals surface area contributed by atoms with Gasteiger partial charge in [0, 0.05) is 48.8 Å². The van der Waals surface area contributed by atoms with Gasteiger partial charge in [-0.1, -0.05) is 91.0 Å². The standard InChI is InChI=1S/C26H33N3.C8H15N.2C2H6/c1-20(2)22(21-11-5-6-12-21)13-4-3-9-18-29-19-24(25-15-7-8-16-27-25)23-14-10-17-28-26(23)29;1-3-5-7-9-8-6-4-2;2*1-2/h7-8,10,14-17,19,21-22H,1,3-6,9,11-13,18H2,2H3;3,5,7H,4,6,8H2,1-2H3;2*1-2H3/b;5-3-,9-7?;;. The van der Waals surface area contributed by atoms with Crippen molar-refractivity contribution in [1.29, 1.82) is 0 Å². The Morgan fingerprint density at radius 1 is 1.00 bits per heavy atom. The molecule has 1 aliphatic carbocycles. The van der Waals surface area contributed by atoms with Gasteiger partial charge in [0.2, 0.25) is 0 Å². The van der Waals surface area contributed by atoms with Gasteiger partial charge in [0.05, 0.1) is 5.69 Å². The quantitative estimate of drug-likeness (QED) is 0.116. The molecular weight excluding hydrogens is 512 g/mol. The van der Waals surface area contributed by atoms with Crippen molar-refractivity contribution in [1.82, 2.24) is 14.5 Å². The first-order chi connectivity index (χ1) is 20.7. The molecule has 232 valence electrons. The molecule has 0 amide bonds. The number of rotatable bonds is 13. The predicted molar refractivity (Wildman–Crippen MR) is 187 cm³/mol. The highest BCUT2D eigenvalue weighted by Gasteiger charge is 2.24. The van der Waals surface area contributed by atoms with E-state index in [2.05, 4.69) is 58.3 Å². The van der Waals surface area contributed by atoms with Gasteiger partial charge in [-0.3, -0.25) is 9.98 Å². The molecule has 4 nitrogen and oxygen atoms in total. The number of aryl methyl sites for hydroxylation is 1. The summed E-state index contributed by atoms with van der Waals surface area (Å²) >= 11 is 0. The summed E-state index contributed by atoms with van der Waals surface area (Å²) in [5, 5.41) is 1.19. The largest absolute Gasteiger partial charge is 0.332 e. The molecule has 0 saturated heterocycles. The highest BCUT2D eigenvalue weighted by molar-refractivity contribution is 5.92. The number of fused-ring (bicyclic) bond motifs is 1. The monoisotopic (exact) mass is 572 g/mol. The predicted octanol–water partition coefficient (Wildman–Crippen LogP) is 11.5. The highest BCUT2D eigenvalue weighted by Crippen LogP contribution is 2.37. The maximum atomic E-state index is 4.65. The van der Waals surface area contributed by atoms with E-state index in [4.69, 9.17) is 0 Å². The molecule has 3 aromatic heterocycles. The van der Waals surface area contributed by atoms with Crippen LogP contribution in [0.4, 0.5) is 0 Å². The number of aliphatic imine (C=N–C) groups is 1. The first-order valence-corrected chi connectivity index (χ1v) is 16.8. The van der Waals surface area contributed by atoms with Crippen molar-refractivity contribution >= 4 is 17.2 Å². The van der Waals surface area contributed by atoms with Crippen LogP contribution in [0.15, 0.2) is 78.2 Å². The lowest BCUT2D eigenvalue weighted by Gasteiger charge is -2.23. The Hall–Kier alpha value is -3.01. The van der Waals surface area contributed by atoms with E-state index in [0.717, 1.165) is 36.3 Å². The fourth-order valence-electron chi connectivity index (χ4n) is 5.56. The van der Waals surface area contributed by atoms with E-state index >= 15 is 0 Å². The minimum Gasteiger partial charge on any atom is -0.332 e. The summed E-state index contributed by atoms with van der Waals surface area (Å²) in [6.45, 7) is 20.7. The Balaban J connectivity index is 0.000000578. The fraction of sp³-hybridized carbons (Fsp3) is 0.553. The van der Waals surface area contributed by atoms with E-state index in [1.165, 1.54) is 80.7 Å². The molecule has 0 radical (unpaired) electrons. The SMILES string of the molecule is C/C=C\C=NCCCC.C=C(C)C(CCCCCn1cc(-c2ccccn2)c2cccnc21)C1CCCC1.CC.CC. The van der Waals surface area contributed by atoms with Crippen molar-refractivity contribution in [2.45, 2.75) is 119 Å². The van der Waals surface area contributed by atoms with Crippen LogP contribution >= 0.6 is 0 Å². The number of allylic oxidation sites excluding steroid dienone is 3. The average molecular weight is 573 g/mol. The van der Waals surface area contributed by atoms with Gasteiger partial charge in [-0.25, -0.2) is 4.98 Å². The molecule has 1 unspecified atom stereocenters. The lowest BCUT2D eigenvalue weighted by Crippen LogP contribution is -2.12. The summed E-state index contributed by atoms with van der Waals surface area (Å²) in [6.07, 6.45) is 24.9. The second-order valence-corrected chi connectivity index (χ2v) is 10.6. The highest BCUT2D eigenvalue weighted by atomic mass is 15.0. The third-order valence-corrected chi connectivity index (χ3v) is 7.62. The number of aromatic nitrogens is 3. The summed E-state index contributed by atoms with van der Waals surface area (Å²) in [4.78, 5) is 13.3. The molecule has 1 atom stereocenters. The van der Waals surface area contributed by atoms with Crippen molar-refractivity contribution < 1.29 is 0 Å². The van der Waals surface area contributed by atoms with Crippen molar-refractivity contribution in [3.05, 3.63) is 73.2 Å². The molecule has 0 aliphatic heterocycles. The van der Waals surface area contributed by atoms with Crippen LogP contribution in [-0.2, 0) is 6.54 Å². The fourth-order valence-corrected chi connectivity index (χ4v) is 5.56. The van der Waals surface area contributed by atoms with E-state index in [-0.39, 0.29) is 0 Å². The van der Waals surface area contributed by atoms with Crippen LogP contribution in [0.2, 0.25) is 0 Å². The molecule has 4 rings (SSSR count). The van der Waals surface area contributed by atoms with Gasteiger partial charge in [-0.2, -0.15) is 0 Å². The lowest BCUT2D eigenvalue weighted by molar-refractivity contribution is 0.352. The maximum Gasteiger partial charge on any atom is 0.140 e. The topological polar surface area (TPSA) is 43.1 Å². The van der Waals surface area contributed by atoms with Gasteiger partial charge in [-0.05, 0) is 88.1 Å². The summed E-state index contributed by atoms with van der Waals surface area (Å²) < 4.78 is 2.31. The van der Waals surface area contributed by atoms with Crippen LogP contribution in [-0.4, -0.2) is 27.3 Å². The Labute approximate surface area is 258 Å². The van der Waals surface area contributed by atoms with Gasteiger partial charge >= 0.3 is 0 Å². The molecule has 1 fully saturated rings.